The molecular weight excluding hydrogens is 228 g/mol. The number of allylic oxidation sites excluding steroid dienone is 3. The molecule has 18 heavy (non-hydrogen) atoms. The zero-order valence-electron chi connectivity index (χ0n) is 11.6. The van der Waals surface area contributed by atoms with Crippen molar-refractivity contribution in [3.8, 4) is 0 Å². The number of ether oxygens (including phenoxy) is 1. The van der Waals surface area contributed by atoms with Crippen LogP contribution < -0.4 is 0 Å². The first-order valence-corrected chi connectivity index (χ1v) is 6.46. The van der Waals surface area contributed by atoms with Gasteiger partial charge >= 0.3 is 0 Å². The zero-order chi connectivity index (χ0) is 13.6. The number of aldehydes is 1. The minimum Gasteiger partial charge on any atom is -0.393 e. The topological polar surface area (TPSA) is 49.8 Å². The van der Waals surface area contributed by atoms with Gasteiger partial charge in [0.2, 0.25) is 0 Å². The van der Waals surface area contributed by atoms with Crippen molar-refractivity contribution in [1.29, 1.82) is 0 Å². The summed E-state index contributed by atoms with van der Waals surface area (Å²) in [7, 11) is 0. The van der Waals surface area contributed by atoms with Crippen molar-refractivity contribution < 1.29 is 14.6 Å². The molecule has 1 heterocycles. The van der Waals surface area contributed by atoms with E-state index < -0.39 is 0 Å². The fourth-order valence-electron chi connectivity index (χ4n) is 3.49. The maximum atomic E-state index is 10.4. The van der Waals surface area contributed by atoms with E-state index in [1.807, 2.05) is 13.0 Å². The van der Waals surface area contributed by atoms with E-state index in [-0.39, 0.29) is 22.7 Å². The average molecular weight is 250 g/mol. The molecule has 3 atom stereocenters. The van der Waals surface area contributed by atoms with Crippen LogP contribution in [0.1, 0.15) is 40.5 Å². The van der Waals surface area contributed by atoms with Gasteiger partial charge in [0.15, 0.2) is 0 Å². The second-order valence-corrected chi connectivity index (χ2v) is 6.39. The molecule has 0 amide bonds. The molecule has 1 aliphatic carbocycles. The minimum atomic E-state index is -0.308. The van der Waals surface area contributed by atoms with Crippen LogP contribution in [-0.4, -0.2) is 28.7 Å². The number of aliphatic hydroxyl groups excluding tert-OH is 1. The number of epoxide rings is 1. The van der Waals surface area contributed by atoms with Crippen molar-refractivity contribution in [2.24, 2.45) is 5.41 Å². The molecule has 1 saturated carbocycles. The van der Waals surface area contributed by atoms with E-state index in [1.165, 1.54) is 6.08 Å². The van der Waals surface area contributed by atoms with E-state index in [2.05, 4.69) is 26.8 Å². The predicted octanol–water partition coefficient (Wildman–Crippen LogP) is 2.40. The molecule has 1 N–H and O–H groups in total. The third-order valence-corrected chi connectivity index (χ3v) is 4.42. The standard InChI is InChI=1S/C15H22O3/c1-11(6-8-16)5-7-15-13(2,3)9-12(17)10-14(15,4)18-15/h5-8,12,17H,9-10H2,1-4H3/b7-5+,11-6-/t12-,14-,15+/m0/s1. The van der Waals surface area contributed by atoms with Gasteiger partial charge in [0.1, 0.15) is 17.5 Å². The normalized spacial score (nSPS) is 42.7. The third-order valence-electron chi connectivity index (χ3n) is 4.42. The lowest BCUT2D eigenvalue weighted by atomic mass is 9.63. The number of aliphatic hydroxyl groups is 1. The highest BCUT2D eigenvalue weighted by Crippen LogP contribution is 2.66. The van der Waals surface area contributed by atoms with Crippen LogP contribution in [0.4, 0.5) is 0 Å². The Bertz CT molecular complexity index is 421. The van der Waals surface area contributed by atoms with Crippen LogP contribution in [0.15, 0.2) is 23.8 Å². The summed E-state index contributed by atoms with van der Waals surface area (Å²) in [5, 5.41) is 9.92. The van der Waals surface area contributed by atoms with E-state index in [1.54, 1.807) is 0 Å². The molecular formula is C15H22O3. The van der Waals surface area contributed by atoms with Gasteiger partial charge in [-0.15, -0.1) is 0 Å². The van der Waals surface area contributed by atoms with E-state index in [9.17, 15) is 9.90 Å². The Morgan fingerprint density at radius 1 is 1.33 bits per heavy atom. The maximum Gasteiger partial charge on any atom is 0.143 e. The van der Waals surface area contributed by atoms with E-state index in [0.717, 1.165) is 18.3 Å². The first-order chi connectivity index (χ1) is 8.26. The smallest absolute Gasteiger partial charge is 0.143 e. The van der Waals surface area contributed by atoms with Crippen molar-refractivity contribution in [1.82, 2.24) is 0 Å². The summed E-state index contributed by atoms with van der Waals surface area (Å²) in [5.41, 5.74) is 0.236. The Kier molecular flexibility index (Phi) is 3.03. The summed E-state index contributed by atoms with van der Waals surface area (Å²) in [5.74, 6) is 0. The highest BCUT2D eigenvalue weighted by atomic mass is 16.6. The monoisotopic (exact) mass is 250 g/mol. The van der Waals surface area contributed by atoms with E-state index >= 15 is 0 Å². The van der Waals surface area contributed by atoms with Crippen molar-refractivity contribution in [3.05, 3.63) is 23.8 Å². The first kappa shape index (κ1) is 13.5. The Hall–Kier alpha value is -0.930. The van der Waals surface area contributed by atoms with Gasteiger partial charge in [-0.2, -0.15) is 0 Å². The number of rotatable bonds is 3. The highest BCUT2D eigenvalue weighted by molar-refractivity contribution is 5.67. The van der Waals surface area contributed by atoms with Crippen molar-refractivity contribution in [3.63, 3.8) is 0 Å². The predicted molar refractivity (Wildman–Crippen MR) is 70.2 cm³/mol. The maximum absolute atomic E-state index is 10.4. The lowest BCUT2D eigenvalue weighted by Gasteiger charge is -2.39. The molecule has 0 radical (unpaired) electrons. The SMILES string of the molecule is CC(=C/C=O)/C=C/[C@]12O[C@@]1(C)C[C@@H](O)CC2(C)C. The third kappa shape index (κ3) is 1.86. The largest absolute Gasteiger partial charge is 0.393 e. The number of carbonyl (C=O) groups is 1. The molecule has 0 spiro atoms. The van der Waals surface area contributed by atoms with E-state index in [0.29, 0.717) is 6.42 Å². The van der Waals surface area contributed by atoms with Crippen LogP contribution in [-0.2, 0) is 9.53 Å². The number of hydrogen-bond acceptors (Lipinski definition) is 3. The van der Waals surface area contributed by atoms with Crippen LogP contribution in [0.5, 0.6) is 0 Å². The van der Waals surface area contributed by atoms with Gasteiger partial charge in [-0.1, -0.05) is 19.9 Å². The van der Waals surface area contributed by atoms with Gasteiger partial charge in [-0.3, -0.25) is 4.79 Å². The number of carbonyl (C=O) groups excluding carboxylic acids is 1. The lowest BCUT2D eigenvalue weighted by molar-refractivity contribution is -0.104. The summed E-state index contributed by atoms with van der Waals surface area (Å²) in [6, 6.07) is 0. The van der Waals surface area contributed by atoms with Gasteiger partial charge in [0.25, 0.3) is 0 Å². The van der Waals surface area contributed by atoms with E-state index in [4.69, 9.17) is 4.74 Å². The lowest BCUT2D eigenvalue weighted by Crippen LogP contribution is -2.46. The summed E-state index contributed by atoms with van der Waals surface area (Å²) in [4.78, 5) is 10.4. The molecule has 2 rings (SSSR count). The fourth-order valence-corrected chi connectivity index (χ4v) is 3.49. The molecule has 3 heteroatoms. The molecule has 1 saturated heterocycles. The molecule has 100 valence electrons. The Morgan fingerprint density at radius 2 is 2.00 bits per heavy atom. The van der Waals surface area contributed by atoms with Crippen LogP contribution >= 0.6 is 0 Å². The quantitative estimate of drug-likeness (QED) is 0.362. The van der Waals surface area contributed by atoms with Crippen molar-refractivity contribution >= 4 is 6.29 Å². The van der Waals surface area contributed by atoms with Crippen molar-refractivity contribution in [2.45, 2.75) is 57.8 Å². The Morgan fingerprint density at radius 3 is 2.56 bits per heavy atom. The molecule has 1 aliphatic heterocycles. The number of hydrogen-bond donors (Lipinski definition) is 1. The molecule has 0 bridgehead atoms. The van der Waals surface area contributed by atoms with Gasteiger partial charge in [0, 0.05) is 11.8 Å². The summed E-state index contributed by atoms with van der Waals surface area (Å²) in [6.45, 7) is 8.21. The zero-order valence-corrected chi connectivity index (χ0v) is 11.6. The van der Waals surface area contributed by atoms with Gasteiger partial charge < -0.3 is 9.84 Å². The Balaban J connectivity index is 2.27. The van der Waals surface area contributed by atoms with Crippen LogP contribution in [0.3, 0.4) is 0 Å². The Labute approximate surface area is 109 Å². The molecule has 0 aromatic carbocycles. The second kappa shape index (κ2) is 4.04. The highest BCUT2D eigenvalue weighted by Gasteiger charge is 2.74. The average Bonchev–Trinajstić information content (AvgIpc) is 2.82. The molecule has 3 nitrogen and oxygen atoms in total. The summed E-state index contributed by atoms with van der Waals surface area (Å²) >= 11 is 0. The summed E-state index contributed by atoms with van der Waals surface area (Å²) < 4.78 is 6.00. The molecule has 2 aliphatic rings. The molecule has 0 aromatic heterocycles. The summed E-state index contributed by atoms with van der Waals surface area (Å²) in [6.07, 6.45) is 7.46. The van der Waals surface area contributed by atoms with Gasteiger partial charge in [-0.05, 0) is 38.0 Å². The second-order valence-electron chi connectivity index (χ2n) is 6.39. The van der Waals surface area contributed by atoms with Crippen LogP contribution in [0, 0.1) is 5.41 Å². The van der Waals surface area contributed by atoms with Crippen LogP contribution in [0.2, 0.25) is 0 Å². The molecule has 2 fully saturated rings. The first-order valence-electron chi connectivity index (χ1n) is 6.46. The molecule has 0 aromatic rings. The van der Waals surface area contributed by atoms with Gasteiger partial charge in [-0.25, -0.2) is 0 Å². The minimum absolute atomic E-state index is 0.0998. The van der Waals surface area contributed by atoms with Crippen molar-refractivity contribution in [2.75, 3.05) is 0 Å². The fraction of sp³-hybridized carbons (Fsp3) is 0.667. The van der Waals surface area contributed by atoms with Crippen LogP contribution in [0.25, 0.3) is 0 Å². The van der Waals surface area contributed by atoms with Gasteiger partial charge in [0.05, 0.1) is 6.10 Å². The molecule has 0 unspecified atom stereocenters. The number of fused-ring (bicyclic) bond motifs is 1.